The zero-order chi connectivity index (χ0) is 14.7. The molecule has 108 valence electrons. The summed E-state index contributed by atoms with van der Waals surface area (Å²) in [5.41, 5.74) is 3.19. The first kappa shape index (κ1) is 13.6. The van der Waals surface area contributed by atoms with E-state index in [9.17, 15) is 0 Å². The van der Waals surface area contributed by atoms with E-state index in [0.717, 1.165) is 22.5 Å². The largest absolute Gasteiger partial charge is 0.494 e. The van der Waals surface area contributed by atoms with Gasteiger partial charge in [0.15, 0.2) is 11.5 Å². The molecule has 7 heteroatoms. The van der Waals surface area contributed by atoms with Gasteiger partial charge in [0.2, 0.25) is 0 Å². The number of rotatable bonds is 5. The van der Waals surface area contributed by atoms with Crippen LogP contribution in [-0.2, 0) is 5.88 Å². The van der Waals surface area contributed by atoms with E-state index in [4.69, 9.17) is 16.3 Å². The molecule has 0 aliphatic carbocycles. The lowest BCUT2D eigenvalue weighted by molar-refractivity contribution is 0.337. The molecular formula is C14H14ClN5O. The molecule has 0 atom stereocenters. The smallest absolute Gasteiger partial charge is 0.182 e. The van der Waals surface area contributed by atoms with Crippen LogP contribution in [0.4, 0.5) is 11.5 Å². The number of hydrogen-bond acceptors (Lipinski definition) is 5. The number of fused-ring (bicyclic) bond motifs is 1. The number of alkyl halides is 1. The number of aromatic amines is 1. The summed E-state index contributed by atoms with van der Waals surface area (Å²) in [6, 6.07) is 5.77. The van der Waals surface area contributed by atoms with Crippen molar-refractivity contribution in [2.75, 3.05) is 11.9 Å². The van der Waals surface area contributed by atoms with Crippen molar-refractivity contribution in [3.05, 3.63) is 36.4 Å². The number of hydrogen-bond donors (Lipinski definition) is 2. The van der Waals surface area contributed by atoms with Crippen LogP contribution in [0.1, 0.15) is 12.5 Å². The number of H-pyrrole nitrogens is 1. The standard InChI is InChI=1S/C14H14ClN5O/c1-2-21-11-4-3-10(5-9(11)6-15)20-14-12-13(17-7-16-12)18-8-19-14/h3-5,7-8H,2,6H2,1H3,(H2,16,17,18,19,20). The van der Waals surface area contributed by atoms with Gasteiger partial charge in [0.05, 0.1) is 18.8 Å². The number of imidazole rings is 1. The number of ether oxygens (including phenoxy) is 1. The van der Waals surface area contributed by atoms with Crippen LogP contribution in [0, 0.1) is 0 Å². The van der Waals surface area contributed by atoms with Crippen LogP contribution in [0.2, 0.25) is 0 Å². The Morgan fingerprint density at radius 2 is 2.19 bits per heavy atom. The van der Waals surface area contributed by atoms with Crippen molar-refractivity contribution in [2.45, 2.75) is 12.8 Å². The maximum absolute atomic E-state index is 5.97. The molecule has 1 aromatic carbocycles. The Morgan fingerprint density at radius 1 is 1.29 bits per heavy atom. The molecule has 2 heterocycles. The Kier molecular flexibility index (Phi) is 3.87. The minimum absolute atomic E-state index is 0.383. The molecule has 0 bridgehead atoms. The van der Waals surface area contributed by atoms with Crippen LogP contribution in [-0.4, -0.2) is 26.5 Å². The molecule has 0 spiro atoms. The zero-order valence-electron chi connectivity index (χ0n) is 11.4. The van der Waals surface area contributed by atoms with Crippen LogP contribution in [0.5, 0.6) is 5.75 Å². The molecule has 6 nitrogen and oxygen atoms in total. The number of aromatic nitrogens is 4. The normalized spacial score (nSPS) is 10.8. The van der Waals surface area contributed by atoms with Gasteiger partial charge in [0, 0.05) is 11.3 Å². The highest BCUT2D eigenvalue weighted by Crippen LogP contribution is 2.27. The van der Waals surface area contributed by atoms with Gasteiger partial charge in [-0.2, -0.15) is 0 Å². The van der Waals surface area contributed by atoms with Gasteiger partial charge in [-0.3, -0.25) is 0 Å². The lowest BCUT2D eigenvalue weighted by Gasteiger charge is -2.11. The molecule has 0 aliphatic rings. The molecular weight excluding hydrogens is 290 g/mol. The number of benzene rings is 1. The molecule has 0 fully saturated rings. The second-order valence-corrected chi connectivity index (χ2v) is 4.60. The van der Waals surface area contributed by atoms with Crippen molar-refractivity contribution in [3.8, 4) is 5.75 Å². The molecule has 0 saturated heterocycles. The van der Waals surface area contributed by atoms with Gasteiger partial charge in [0.1, 0.15) is 17.6 Å². The van der Waals surface area contributed by atoms with Crippen molar-refractivity contribution < 1.29 is 4.74 Å². The highest BCUT2D eigenvalue weighted by molar-refractivity contribution is 6.17. The monoisotopic (exact) mass is 303 g/mol. The summed E-state index contributed by atoms with van der Waals surface area (Å²) in [6.45, 7) is 2.55. The fraction of sp³-hybridized carbons (Fsp3) is 0.214. The number of halogens is 1. The van der Waals surface area contributed by atoms with Gasteiger partial charge in [-0.1, -0.05) is 0 Å². The van der Waals surface area contributed by atoms with E-state index in [-0.39, 0.29) is 0 Å². The summed E-state index contributed by atoms with van der Waals surface area (Å²) in [6.07, 6.45) is 3.06. The second-order valence-electron chi connectivity index (χ2n) is 4.34. The van der Waals surface area contributed by atoms with E-state index in [1.807, 2.05) is 25.1 Å². The van der Waals surface area contributed by atoms with Gasteiger partial charge in [-0.25, -0.2) is 15.0 Å². The van der Waals surface area contributed by atoms with Crippen molar-refractivity contribution in [1.29, 1.82) is 0 Å². The summed E-state index contributed by atoms with van der Waals surface area (Å²) in [4.78, 5) is 15.4. The topological polar surface area (TPSA) is 75.7 Å². The number of anilines is 2. The summed E-state index contributed by atoms with van der Waals surface area (Å²) < 4.78 is 5.54. The highest BCUT2D eigenvalue weighted by atomic mass is 35.5. The quantitative estimate of drug-likeness (QED) is 0.708. The predicted molar refractivity (Wildman–Crippen MR) is 82.1 cm³/mol. The Hall–Kier alpha value is -2.34. The molecule has 3 aromatic rings. The van der Waals surface area contributed by atoms with E-state index in [0.29, 0.717) is 24.0 Å². The first-order chi connectivity index (χ1) is 10.3. The van der Waals surface area contributed by atoms with Crippen molar-refractivity contribution >= 4 is 34.3 Å². The minimum Gasteiger partial charge on any atom is -0.494 e. The van der Waals surface area contributed by atoms with Crippen LogP contribution < -0.4 is 10.1 Å². The Labute approximate surface area is 126 Å². The summed E-state index contributed by atoms with van der Waals surface area (Å²) in [7, 11) is 0. The molecule has 2 N–H and O–H groups in total. The van der Waals surface area contributed by atoms with Gasteiger partial charge in [0.25, 0.3) is 0 Å². The summed E-state index contributed by atoms with van der Waals surface area (Å²) in [5, 5.41) is 3.24. The third-order valence-electron chi connectivity index (χ3n) is 2.99. The molecule has 0 aliphatic heterocycles. The molecule has 2 aromatic heterocycles. The fourth-order valence-electron chi connectivity index (χ4n) is 2.05. The number of nitrogens with one attached hydrogen (secondary N) is 2. The van der Waals surface area contributed by atoms with E-state index in [2.05, 4.69) is 25.3 Å². The average molecular weight is 304 g/mol. The van der Waals surface area contributed by atoms with Crippen LogP contribution >= 0.6 is 11.6 Å². The van der Waals surface area contributed by atoms with Gasteiger partial charge in [-0.15, -0.1) is 11.6 Å². The third kappa shape index (κ3) is 2.75. The van der Waals surface area contributed by atoms with E-state index in [1.54, 1.807) is 6.33 Å². The SMILES string of the molecule is CCOc1ccc(Nc2ncnc3nc[nH]c23)cc1CCl. The third-order valence-corrected chi connectivity index (χ3v) is 3.28. The molecule has 3 rings (SSSR count). The van der Waals surface area contributed by atoms with Crippen LogP contribution in [0.3, 0.4) is 0 Å². The average Bonchev–Trinajstić information content (AvgIpc) is 2.98. The Balaban J connectivity index is 1.92. The van der Waals surface area contributed by atoms with E-state index >= 15 is 0 Å². The molecule has 0 saturated carbocycles. The molecule has 0 radical (unpaired) electrons. The number of nitrogens with zero attached hydrogens (tertiary/aromatic N) is 3. The second kappa shape index (κ2) is 5.97. The first-order valence-corrected chi connectivity index (χ1v) is 7.08. The summed E-state index contributed by atoms with van der Waals surface area (Å²) in [5.74, 6) is 1.85. The Morgan fingerprint density at radius 3 is 3.00 bits per heavy atom. The van der Waals surface area contributed by atoms with E-state index in [1.165, 1.54) is 6.33 Å². The van der Waals surface area contributed by atoms with E-state index < -0.39 is 0 Å². The van der Waals surface area contributed by atoms with Gasteiger partial charge >= 0.3 is 0 Å². The maximum atomic E-state index is 5.97. The highest BCUT2D eigenvalue weighted by Gasteiger charge is 2.08. The predicted octanol–water partition coefficient (Wildman–Crippen LogP) is 3.23. The van der Waals surface area contributed by atoms with Crippen molar-refractivity contribution in [2.24, 2.45) is 0 Å². The first-order valence-electron chi connectivity index (χ1n) is 6.54. The Bertz CT molecular complexity index is 758. The van der Waals surface area contributed by atoms with Gasteiger partial charge in [-0.05, 0) is 25.1 Å². The van der Waals surface area contributed by atoms with Gasteiger partial charge < -0.3 is 15.0 Å². The fourth-order valence-corrected chi connectivity index (χ4v) is 2.26. The summed E-state index contributed by atoms with van der Waals surface area (Å²) >= 11 is 5.97. The molecule has 21 heavy (non-hydrogen) atoms. The van der Waals surface area contributed by atoms with Crippen LogP contribution in [0.15, 0.2) is 30.9 Å². The lowest BCUT2D eigenvalue weighted by Crippen LogP contribution is -1.99. The zero-order valence-corrected chi connectivity index (χ0v) is 12.2. The lowest BCUT2D eigenvalue weighted by atomic mass is 10.2. The minimum atomic E-state index is 0.383. The van der Waals surface area contributed by atoms with Crippen LogP contribution in [0.25, 0.3) is 11.2 Å². The van der Waals surface area contributed by atoms with Crippen molar-refractivity contribution in [1.82, 2.24) is 19.9 Å². The maximum Gasteiger partial charge on any atom is 0.182 e. The van der Waals surface area contributed by atoms with Crippen molar-refractivity contribution in [3.63, 3.8) is 0 Å². The molecule has 0 amide bonds. The molecule has 0 unspecified atom stereocenters.